The fourth-order valence-electron chi connectivity index (χ4n) is 3.15. The van der Waals surface area contributed by atoms with E-state index in [1.165, 1.54) is 42.5 Å². The molecule has 0 bridgehead atoms. The first-order chi connectivity index (χ1) is 16.2. The second kappa shape index (κ2) is 9.64. The van der Waals surface area contributed by atoms with Crippen LogP contribution >= 0.6 is 46.4 Å². The Bertz CT molecular complexity index is 1390. The third-order valence-corrected chi connectivity index (χ3v) is 5.93. The summed E-state index contributed by atoms with van der Waals surface area (Å²) >= 11 is 23.9. The Morgan fingerprint density at radius 3 is 2.29 bits per heavy atom. The van der Waals surface area contributed by atoms with Crippen LogP contribution in [-0.4, -0.2) is 17.7 Å². The predicted molar refractivity (Wildman–Crippen MR) is 131 cm³/mol. The van der Waals surface area contributed by atoms with Gasteiger partial charge in [0, 0.05) is 22.0 Å². The summed E-state index contributed by atoms with van der Waals surface area (Å²) < 4.78 is 13.3. The summed E-state index contributed by atoms with van der Waals surface area (Å²) in [6.07, 6.45) is 0. The average Bonchev–Trinajstić information content (AvgIpc) is 3.00. The van der Waals surface area contributed by atoms with Crippen LogP contribution in [0.4, 0.5) is 21.5 Å². The number of carbonyl (C=O) groups excluding carboxylic acids is 3. The van der Waals surface area contributed by atoms with E-state index in [0.29, 0.717) is 16.4 Å². The van der Waals surface area contributed by atoms with Crippen LogP contribution in [0.1, 0.15) is 10.4 Å². The zero-order chi connectivity index (χ0) is 24.6. The van der Waals surface area contributed by atoms with Crippen molar-refractivity contribution in [2.75, 3.05) is 15.5 Å². The van der Waals surface area contributed by atoms with Gasteiger partial charge in [-0.1, -0.05) is 52.5 Å². The van der Waals surface area contributed by atoms with Crippen molar-refractivity contribution >= 4 is 81.2 Å². The van der Waals surface area contributed by atoms with Crippen molar-refractivity contribution in [3.05, 3.63) is 97.8 Å². The number of anilines is 3. The van der Waals surface area contributed by atoms with Gasteiger partial charge in [0.05, 0.1) is 15.7 Å². The molecule has 4 rings (SSSR count). The fraction of sp³-hybridized carbons (Fsp3) is 0. The van der Waals surface area contributed by atoms with Crippen LogP contribution in [0.5, 0.6) is 0 Å². The van der Waals surface area contributed by atoms with Crippen LogP contribution in [0.25, 0.3) is 0 Å². The highest BCUT2D eigenvalue weighted by Crippen LogP contribution is 2.35. The molecule has 3 aromatic rings. The van der Waals surface area contributed by atoms with Crippen molar-refractivity contribution < 1.29 is 18.8 Å². The molecule has 0 atom stereocenters. The minimum atomic E-state index is -0.763. The maximum atomic E-state index is 13.3. The zero-order valence-corrected chi connectivity index (χ0v) is 19.9. The molecule has 0 aromatic heterocycles. The lowest BCUT2D eigenvalue weighted by Crippen LogP contribution is -2.32. The van der Waals surface area contributed by atoms with Crippen molar-refractivity contribution in [2.45, 2.75) is 0 Å². The molecule has 0 aliphatic carbocycles. The Kier molecular flexibility index (Phi) is 6.81. The molecule has 1 aliphatic rings. The van der Waals surface area contributed by atoms with E-state index in [2.05, 4.69) is 10.6 Å². The molecule has 0 spiro atoms. The molecule has 3 amide bonds. The molecule has 11 heteroatoms. The summed E-state index contributed by atoms with van der Waals surface area (Å²) in [7, 11) is 0. The van der Waals surface area contributed by atoms with Crippen molar-refractivity contribution in [1.82, 2.24) is 0 Å². The monoisotopic (exact) mass is 537 g/mol. The number of amides is 3. The van der Waals surface area contributed by atoms with E-state index in [1.807, 2.05) is 0 Å². The largest absolute Gasteiger partial charge is 0.350 e. The van der Waals surface area contributed by atoms with Gasteiger partial charge < -0.3 is 10.6 Å². The highest BCUT2D eigenvalue weighted by molar-refractivity contribution is 6.54. The van der Waals surface area contributed by atoms with Crippen LogP contribution in [-0.2, 0) is 9.59 Å². The van der Waals surface area contributed by atoms with E-state index in [-0.39, 0.29) is 32.0 Å². The SMILES string of the molecule is O=C(Nc1ccc(F)c(Cl)c1)c1cccc(NC2=C(Cl)C(=O)N(c3ccc(Cl)cc3Cl)C2=O)c1. The number of benzene rings is 3. The number of nitrogens with one attached hydrogen (secondary N) is 2. The van der Waals surface area contributed by atoms with Gasteiger partial charge in [0.1, 0.15) is 16.5 Å². The summed E-state index contributed by atoms with van der Waals surface area (Å²) in [5.74, 6) is -2.61. The van der Waals surface area contributed by atoms with E-state index < -0.39 is 23.5 Å². The van der Waals surface area contributed by atoms with Gasteiger partial charge in [-0.25, -0.2) is 9.29 Å². The number of rotatable bonds is 5. The molecule has 172 valence electrons. The van der Waals surface area contributed by atoms with Crippen LogP contribution in [0, 0.1) is 5.82 Å². The molecule has 1 heterocycles. The summed E-state index contributed by atoms with van der Waals surface area (Å²) in [6.45, 7) is 0. The van der Waals surface area contributed by atoms with Crippen molar-refractivity contribution in [1.29, 1.82) is 0 Å². The Balaban J connectivity index is 1.55. The number of halogens is 5. The van der Waals surface area contributed by atoms with Gasteiger partial charge in [-0.2, -0.15) is 0 Å². The highest BCUT2D eigenvalue weighted by atomic mass is 35.5. The second-order valence-corrected chi connectivity index (χ2v) is 8.65. The molecule has 2 N–H and O–H groups in total. The van der Waals surface area contributed by atoms with Gasteiger partial charge in [-0.15, -0.1) is 0 Å². The van der Waals surface area contributed by atoms with Gasteiger partial charge in [-0.3, -0.25) is 14.4 Å². The molecule has 34 heavy (non-hydrogen) atoms. The minimum Gasteiger partial charge on any atom is -0.350 e. The van der Waals surface area contributed by atoms with Crippen LogP contribution in [0.15, 0.2) is 71.4 Å². The lowest BCUT2D eigenvalue weighted by atomic mass is 10.1. The molecular weight excluding hydrogens is 527 g/mol. The van der Waals surface area contributed by atoms with E-state index in [9.17, 15) is 18.8 Å². The minimum absolute atomic E-state index is 0.0967. The first kappa shape index (κ1) is 24.0. The normalized spacial score (nSPS) is 13.5. The molecule has 0 unspecified atom stereocenters. The lowest BCUT2D eigenvalue weighted by Gasteiger charge is -2.16. The molecule has 3 aromatic carbocycles. The Hall–Kier alpha value is -3.10. The molecule has 6 nitrogen and oxygen atoms in total. The van der Waals surface area contributed by atoms with Crippen molar-refractivity contribution in [2.24, 2.45) is 0 Å². The first-order valence-electron chi connectivity index (χ1n) is 9.53. The van der Waals surface area contributed by atoms with Crippen LogP contribution in [0.2, 0.25) is 15.1 Å². The second-order valence-electron chi connectivity index (χ2n) is 7.02. The Morgan fingerprint density at radius 2 is 1.59 bits per heavy atom. The maximum absolute atomic E-state index is 13.3. The third kappa shape index (κ3) is 4.74. The summed E-state index contributed by atoms with van der Waals surface area (Å²) in [6, 6.07) is 14.2. The molecule has 1 aliphatic heterocycles. The predicted octanol–water partition coefficient (Wildman–Crippen LogP) is 6.47. The van der Waals surface area contributed by atoms with Gasteiger partial charge in [0.25, 0.3) is 17.7 Å². The van der Waals surface area contributed by atoms with Crippen LogP contribution < -0.4 is 15.5 Å². The van der Waals surface area contributed by atoms with Crippen molar-refractivity contribution in [3.63, 3.8) is 0 Å². The van der Waals surface area contributed by atoms with Gasteiger partial charge >= 0.3 is 0 Å². The quantitative estimate of drug-likeness (QED) is 0.365. The average molecular weight is 539 g/mol. The number of carbonyl (C=O) groups is 3. The summed E-state index contributed by atoms with van der Waals surface area (Å²) in [4.78, 5) is 39.1. The number of hydrogen-bond acceptors (Lipinski definition) is 4. The summed E-state index contributed by atoms with van der Waals surface area (Å²) in [5.41, 5.74) is 0.787. The number of hydrogen-bond donors (Lipinski definition) is 2. The molecule has 0 radical (unpaired) electrons. The van der Waals surface area contributed by atoms with E-state index in [4.69, 9.17) is 46.4 Å². The van der Waals surface area contributed by atoms with E-state index in [0.717, 1.165) is 11.0 Å². The highest BCUT2D eigenvalue weighted by Gasteiger charge is 2.39. The Labute approximate surface area is 212 Å². The van der Waals surface area contributed by atoms with E-state index in [1.54, 1.807) is 12.1 Å². The maximum Gasteiger partial charge on any atom is 0.283 e. The van der Waals surface area contributed by atoms with Gasteiger partial charge in [0.2, 0.25) is 0 Å². The molecule has 0 fully saturated rings. The number of nitrogens with zero attached hydrogens (tertiary/aromatic N) is 1. The third-order valence-electron chi connectivity index (χ3n) is 4.75. The van der Waals surface area contributed by atoms with Gasteiger partial charge in [0.15, 0.2) is 0 Å². The number of imide groups is 1. The molecular formula is C23H12Cl4FN3O3. The topological polar surface area (TPSA) is 78.5 Å². The Morgan fingerprint density at radius 1 is 0.824 bits per heavy atom. The first-order valence-corrected chi connectivity index (χ1v) is 11.0. The van der Waals surface area contributed by atoms with Gasteiger partial charge in [-0.05, 0) is 54.6 Å². The van der Waals surface area contributed by atoms with Crippen molar-refractivity contribution in [3.8, 4) is 0 Å². The lowest BCUT2D eigenvalue weighted by molar-refractivity contribution is -0.120. The molecule has 0 saturated heterocycles. The summed E-state index contributed by atoms with van der Waals surface area (Å²) in [5, 5.41) is 5.35. The van der Waals surface area contributed by atoms with E-state index >= 15 is 0 Å². The fourth-order valence-corrected chi connectivity index (χ4v) is 4.04. The zero-order valence-electron chi connectivity index (χ0n) is 16.8. The smallest absolute Gasteiger partial charge is 0.283 e. The molecule has 0 saturated carbocycles. The standard InChI is InChI=1S/C23H12Cl4FN3O3/c24-12-4-7-18(16(26)9-12)31-22(33)19(27)20(23(31)34)29-13-3-1-2-11(8-13)21(32)30-14-5-6-17(28)15(25)10-14/h1-10,29H,(H,30,32). The van der Waals surface area contributed by atoms with Crippen LogP contribution in [0.3, 0.4) is 0 Å².